The van der Waals surface area contributed by atoms with Gasteiger partial charge in [0.05, 0.1) is 38.5 Å². The maximum Gasteiger partial charge on any atom is 0.181 e. The smallest absolute Gasteiger partial charge is 0.181 e. The maximum atomic E-state index is 14.3. The molecule has 2 aliphatic rings. The summed E-state index contributed by atoms with van der Waals surface area (Å²) >= 11 is 0. The normalized spacial score (nSPS) is 19.0. The Morgan fingerprint density at radius 1 is 0.639 bits per heavy atom. The third-order valence-electron chi connectivity index (χ3n) is 7.37. The molecule has 2 saturated heterocycles. The van der Waals surface area contributed by atoms with Gasteiger partial charge in [0.2, 0.25) is 0 Å². The van der Waals surface area contributed by atoms with Crippen molar-refractivity contribution in [2.45, 2.75) is 24.9 Å². The number of ether oxygens (including phenoxy) is 2. The molecule has 0 bridgehead atoms. The fourth-order valence-corrected chi connectivity index (χ4v) is 5.40. The van der Waals surface area contributed by atoms with Crippen molar-refractivity contribution in [3.05, 3.63) is 107 Å². The molecule has 2 fully saturated rings. The minimum absolute atomic E-state index is 0.0292. The summed E-state index contributed by atoms with van der Waals surface area (Å²) in [7, 11) is 0. The van der Waals surface area contributed by atoms with E-state index in [-0.39, 0.29) is 17.9 Å². The third-order valence-corrected chi connectivity index (χ3v) is 7.37. The Bertz CT molecular complexity index is 1080. The molecule has 0 saturated carbocycles. The van der Waals surface area contributed by atoms with Crippen molar-refractivity contribution in [1.82, 2.24) is 9.80 Å². The zero-order valence-corrected chi connectivity index (χ0v) is 20.9. The molecule has 0 spiro atoms. The van der Waals surface area contributed by atoms with Crippen LogP contribution in [0.25, 0.3) is 0 Å². The molecular weight excluding hydrogens is 448 g/mol. The van der Waals surface area contributed by atoms with Gasteiger partial charge in [-0.1, -0.05) is 84.9 Å². The molecule has 0 radical (unpaired) electrons. The quantitative estimate of drug-likeness (QED) is 0.421. The van der Waals surface area contributed by atoms with E-state index < -0.39 is 0 Å². The lowest BCUT2D eigenvalue weighted by atomic mass is 9.89. The van der Waals surface area contributed by atoms with Gasteiger partial charge in [0, 0.05) is 31.7 Å². The average molecular weight is 485 g/mol. The molecule has 0 unspecified atom stereocenters. The van der Waals surface area contributed by atoms with Crippen LogP contribution in [0.3, 0.4) is 0 Å². The predicted molar refractivity (Wildman–Crippen MR) is 142 cm³/mol. The van der Waals surface area contributed by atoms with Crippen LogP contribution >= 0.6 is 0 Å². The van der Waals surface area contributed by atoms with Crippen molar-refractivity contribution in [3.8, 4) is 0 Å². The number of hydrogen-bond donors (Lipinski definition) is 0. The van der Waals surface area contributed by atoms with Gasteiger partial charge in [-0.05, 0) is 29.5 Å². The van der Waals surface area contributed by atoms with Gasteiger partial charge in [-0.3, -0.25) is 14.6 Å². The maximum absolute atomic E-state index is 14.3. The molecule has 5 rings (SSSR count). The zero-order valence-electron chi connectivity index (χ0n) is 20.9. The summed E-state index contributed by atoms with van der Waals surface area (Å²) in [6, 6.07) is 29.1. The zero-order chi connectivity index (χ0) is 24.6. The largest absolute Gasteiger partial charge is 0.379 e. The molecule has 0 amide bonds. The highest BCUT2D eigenvalue weighted by Gasteiger charge is 2.39. The monoisotopic (exact) mass is 484 g/mol. The van der Waals surface area contributed by atoms with Crippen molar-refractivity contribution < 1.29 is 14.3 Å². The molecule has 0 N–H and O–H groups in total. The Labute approximate surface area is 214 Å². The number of carbonyl (C=O) groups is 1. The number of ketones is 1. The molecule has 0 aromatic heterocycles. The lowest BCUT2D eigenvalue weighted by molar-refractivity contribution is -0.0301. The predicted octanol–water partition coefficient (Wildman–Crippen LogP) is 4.43. The van der Waals surface area contributed by atoms with Crippen molar-refractivity contribution in [2.75, 3.05) is 52.6 Å². The van der Waals surface area contributed by atoms with Crippen LogP contribution in [-0.4, -0.2) is 74.2 Å². The van der Waals surface area contributed by atoms with E-state index in [2.05, 4.69) is 76.5 Å². The van der Waals surface area contributed by atoms with Crippen molar-refractivity contribution in [1.29, 1.82) is 0 Å². The number of carbonyl (C=O) groups excluding carboxylic acids is 1. The molecule has 2 atom stereocenters. The Hall–Kier alpha value is -2.83. The van der Waals surface area contributed by atoms with Gasteiger partial charge in [0.1, 0.15) is 0 Å². The van der Waals surface area contributed by atoms with Gasteiger partial charge in [-0.15, -0.1) is 0 Å². The second-order valence-corrected chi connectivity index (χ2v) is 9.64. The van der Waals surface area contributed by atoms with Gasteiger partial charge in [0.25, 0.3) is 0 Å². The number of morpholine rings is 2. The number of nitrogens with zero attached hydrogens (tertiary/aromatic N) is 2. The van der Waals surface area contributed by atoms with Gasteiger partial charge in [0.15, 0.2) is 5.78 Å². The highest BCUT2D eigenvalue weighted by molar-refractivity contribution is 6.00. The Morgan fingerprint density at radius 3 is 1.72 bits per heavy atom. The van der Waals surface area contributed by atoms with Crippen LogP contribution in [0, 0.1) is 0 Å². The molecular formula is C31H36N2O3. The summed E-state index contributed by atoms with van der Waals surface area (Å²) in [6.07, 6.45) is 1.96. The third kappa shape index (κ3) is 6.11. The molecule has 2 aliphatic heterocycles. The summed E-state index contributed by atoms with van der Waals surface area (Å²) < 4.78 is 11.3. The van der Waals surface area contributed by atoms with E-state index in [9.17, 15) is 4.79 Å². The lowest BCUT2D eigenvalue weighted by Gasteiger charge is -2.44. The van der Waals surface area contributed by atoms with Crippen LogP contribution < -0.4 is 0 Å². The van der Waals surface area contributed by atoms with Crippen LogP contribution in [-0.2, 0) is 22.3 Å². The number of benzene rings is 3. The molecule has 188 valence electrons. The molecule has 36 heavy (non-hydrogen) atoms. The van der Waals surface area contributed by atoms with Crippen molar-refractivity contribution in [3.63, 3.8) is 0 Å². The topological polar surface area (TPSA) is 42.0 Å². The number of aryl methyl sites for hydroxylation is 2. The SMILES string of the molecule is O=C(c1ccc(CCc2ccccc2)cc1)[C@H]([C@H](c1ccccc1)N1CCOCC1)N1CCOCC1. The second kappa shape index (κ2) is 12.4. The fraction of sp³-hybridized carbons (Fsp3) is 0.387. The first-order chi connectivity index (χ1) is 17.8. The van der Waals surface area contributed by atoms with Crippen LogP contribution in [0.15, 0.2) is 84.9 Å². The first kappa shape index (κ1) is 24.8. The highest BCUT2D eigenvalue weighted by Crippen LogP contribution is 2.31. The lowest BCUT2D eigenvalue weighted by Crippen LogP contribution is -2.55. The fourth-order valence-electron chi connectivity index (χ4n) is 5.40. The number of hydrogen-bond acceptors (Lipinski definition) is 5. The summed E-state index contributed by atoms with van der Waals surface area (Å²) in [5.41, 5.74) is 4.56. The summed E-state index contributed by atoms with van der Waals surface area (Å²) in [4.78, 5) is 19.0. The molecule has 0 aliphatic carbocycles. The number of rotatable bonds is 9. The van der Waals surface area contributed by atoms with Crippen molar-refractivity contribution in [2.24, 2.45) is 0 Å². The van der Waals surface area contributed by atoms with Crippen LogP contribution in [0.1, 0.15) is 33.1 Å². The van der Waals surface area contributed by atoms with Gasteiger partial charge in [-0.2, -0.15) is 0 Å². The Morgan fingerprint density at radius 2 is 1.14 bits per heavy atom. The minimum Gasteiger partial charge on any atom is -0.379 e. The van der Waals surface area contributed by atoms with Gasteiger partial charge >= 0.3 is 0 Å². The molecule has 5 heteroatoms. The highest BCUT2D eigenvalue weighted by atomic mass is 16.5. The van der Waals surface area contributed by atoms with E-state index in [0.29, 0.717) is 26.4 Å². The van der Waals surface area contributed by atoms with Crippen LogP contribution in [0.4, 0.5) is 0 Å². The summed E-state index contributed by atoms with van der Waals surface area (Å²) in [6.45, 7) is 5.89. The van der Waals surface area contributed by atoms with E-state index in [1.54, 1.807) is 0 Å². The average Bonchev–Trinajstić information content (AvgIpc) is 2.96. The van der Waals surface area contributed by atoms with Gasteiger partial charge in [-0.25, -0.2) is 0 Å². The van der Waals surface area contributed by atoms with Crippen LogP contribution in [0.2, 0.25) is 0 Å². The van der Waals surface area contributed by atoms with Gasteiger partial charge < -0.3 is 9.47 Å². The van der Waals surface area contributed by atoms with E-state index in [1.165, 1.54) is 16.7 Å². The molecule has 2 heterocycles. The van der Waals surface area contributed by atoms with Crippen molar-refractivity contribution >= 4 is 5.78 Å². The standard InChI is InChI=1S/C31H36N2O3/c34-31(28-15-13-26(14-16-28)12-11-25-7-3-1-4-8-25)30(33-19-23-36-24-20-33)29(27-9-5-2-6-10-27)32-17-21-35-22-18-32/h1-10,13-16,29-30H,11-12,17-24H2/t29-,30-/m0/s1. The number of Topliss-reactive ketones (excluding diaryl/α,β-unsaturated/α-hetero) is 1. The second-order valence-electron chi connectivity index (χ2n) is 9.64. The van der Waals surface area contributed by atoms with E-state index in [1.807, 2.05) is 18.2 Å². The van der Waals surface area contributed by atoms with Crippen LogP contribution in [0.5, 0.6) is 0 Å². The molecule has 5 nitrogen and oxygen atoms in total. The Kier molecular flexibility index (Phi) is 8.57. The Balaban J connectivity index is 1.41. The van der Waals surface area contributed by atoms with E-state index in [4.69, 9.17) is 9.47 Å². The first-order valence-corrected chi connectivity index (χ1v) is 13.2. The summed E-state index contributed by atoms with van der Waals surface area (Å²) in [5.74, 6) is 0.187. The molecule has 3 aromatic carbocycles. The van der Waals surface area contributed by atoms with E-state index >= 15 is 0 Å². The first-order valence-electron chi connectivity index (χ1n) is 13.2. The summed E-state index contributed by atoms with van der Waals surface area (Å²) in [5, 5.41) is 0. The molecule has 3 aromatic rings. The minimum atomic E-state index is -0.274. The van der Waals surface area contributed by atoms with E-state index in [0.717, 1.165) is 44.6 Å².